The van der Waals surface area contributed by atoms with Crippen molar-refractivity contribution < 1.29 is 29.0 Å². The van der Waals surface area contributed by atoms with Crippen molar-refractivity contribution >= 4 is 46.3 Å². The van der Waals surface area contributed by atoms with Crippen molar-refractivity contribution in [1.82, 2.24) is 0 Å². The molecule has 4 rings (SSSR count). The molecule has 3 aromatic rings. The van der Waals surface area contributed by atoms with E-state index in [1.807, 2.05) is 0 Å². The number of hydrogen-bond donors (Lipinski definition) is 2. The number of ether oxygens (including phenoxy) is 2. The van der Waals surface area contributed by atoms with E-state index < -0.39 is 23.5 Å². The Labute approximate surface area is 219 Å². The van der Waals surface area contributed by atoms with Gasteiger partial charge < -0.3 is 19.9 Å². The number of halogens is 1. The Morgan fingerprint density at radius 1 is 1.00 bits per heavy atom. The number of nitrogens with zero attached hydrogens (tertiary/aromatic N) is 1. The van der Waals surface area contributed by atoms with Crippen LogP contribution in [0.3, 0.4) is 0 Å². The molecule has 190 valence electrons. The van der Waals surface area contributed by atoms with E-state index in [4.69, 9.17) is 21.1 Å². The van der Waals surface area contributed by atoms with Crippen molar-refractivity contribution in [3.63, 3.8) is 0 Å². The molecule has 37 heavy (non-hydrogen) atoms. The van der Waals surface area contributed by atoms with E-state index in [0.717, 1.165) is 5.56 Å². The van der Waals surface area contributed by atoms with Gasteiger partial charge in [-0.1, -0.05) is 23.7 Å². The summed E-state index contributed by atoms with van der Waals surface area (Å²) in [5.41, 5.74) is 2.34. The summed E-state index contributed by atoms with van der Waals surface area (Å²) in [4.78, 5) is 39.5. The number of aliphatic hydroxyl groups is 1. The third-order valence-electron chi connectivity index (χ3n) is 5.99. The standard InChI is InChI=1S/C28H25ClN2O6/c1-15-13-21(27(37-4)22(29)14-15)25(33)23-24(17-5-11-20(36-3)12-6-17)31(28(35)26(23)34)19-9-7-18(8-10-19)30-16(2)32/h5-14,24,33H,1-4H3,(H,30,32)/b25-23+. The number of carbonyl (C=O) groups is 3. The number of benzene rings is 3. The molecule has 1 unspecified atom stereocenters. The number of hydrogen-bond acceptors (Lipinski definition) is 6. The van der Waals surface area contributed by atoms with Gasteiger partial charge in [-0.25, -0.2) is 0 Å². The van der Waals surface area contributed by atoms with Crippen molar-refractivity contribution in [1.29, 1.82) is 0 Å². The first-order valence-corrected chi connectivity index (χ1v) is 11.7. The number of amides is 2. The number of methoxy groups -OCH3 is 2. The van der Waals surface area contributed by atoms with Crippen LogP contribution < -0.4 is 19.7 Å². The largest absolute Gasteiger partial charge is 0.507 e. The van der Waals surface area contributed by atoms with Crippen LogP contribution in [0.2, 0.25) is 5.02 Å². The third kappa shape index (κ3) is 4.88. The minimum Gasteiger partial charge on any atom is -0.507 e. The number of aryl methyl sites for hydroxylation is 1. The zero-order valence-corrected chi connectivity index (χ0v) is 21.4. The number of aliphatic hydroxyl groups excluding tert-OH is 1. The lowest BCUT2D eigenvalue weighted by Gasteiger charge is -2.26. The van der Waals surface area contributed by atoms with Crippen LogP contribution in [0.1, 0.15) is 29.7 Å². The van der Waals surface area contributed by atoms with Gasteiger partial charge in [0.05, 0.1) is 36.4 Å². The highest BCUT2D eigenvalue weighted by atomic mass is 35.5. The predicted octanol–water partition coefficient (Wildman–Crippen LogP) is 5.25. The Hall–Kier alpha value is -4.30. The Morgan fingerprint density at radius 2 is 1.65 bits per heavy atom. The van der Waals surface area contributed by atoms with Gasteiger partial charge >= 0.3 is 0 Å². The van der Waals surface area contributed by atoms with Crippen molar-refractivity contribution in [2.75, 3.05) is 24.4 Å². The lowest BCUT2D eigenvalue weighted by Crippen LogP contribution is -2.29. The minimum atomic E-state index is -0.957. The highest BCUT2D eigenvalue weighted by Gasteiger charge is 2.47. The fourth-order valence-electron chi connectivity index (χ4n) is 4.37. The Bertz CT molecular complexity index is 1410. The van der Waals surface area contributed by atoms with Gasteiger partial charge in [0, 0.05) is 18.3 Å². The zero-order chi connectivity index (χ0) is 26.9. The second-order valence-electron chi connectivity index (χ2n) is 8.50. The average molecular weight is 521 g/mol. The van der Waals surface area contributed by atoms with Gasteiger partial charge in [0.1, 0.15) is 17.3 Å². The van der Waals surface area contributed by atoms with E-state index in [0.29, 0.717) is 22.7 Å². The normalized spacial score (nSPS) is 16.6. The summed E-state index contributed by atoms with van der Waals surface area (Å²) < 4.78 is 10.7. The number of carbonyl (C=O) groups excluding carboxylic acids is 3. The number of anilines is 2. The van der Waals surface area contributed by atoms with E-state index in [1.54, 1.807) is 67.6 Å². The molecule has 0 aromatic heterocycles. The molecule has 9 heteroatoms. The lowest BCUT2D eigenvalue weighted by atomic mass is 9.94. The number of Topliss-reactive ketones (excluding diaryl/α,β-unsaturated/α-hetero) is 1. The predicted molar refractivity (Wildman–Crippen MR) is 141 cm³/mol. The van der Waals surface area contributed by atoms with Crippen LogP contribution in [-0.4, -0.2) is 36.9 Å². The van der Waals surface area contributed by atoms with Gasteiger partial charge in [0.15, 0.2) is 0 Å². The summed E-state index contributed by atoms with van der Waals surface area (Å²) in [6.45, 7) is 3.18. The molecule has 1 fully saturated rings. The van der Waals surface area contributed by atoms with Gasteiger partial charge in [0.2, 0.25) is 5.91 Å². The highest BCUT2D eigenvalue weighted by Crippen LogP contribution is 2.44. The lowest BCUT2D eigenvalue weighted by molar-refractivity contribution is -0.132. The summed E-state index contributed by atoms with van der Waals surface area (Å²) in [6.07, 6.45) is 0. The van der Waals surface area contributed by atoms with Crippen molar-refractivity contribution in [2.24, 2.45) is 0 Å². The Morgan fingerprint density at radius 3 is 2.22 bits per heavy atom. The molecule has 0 saturated carbocycles. The second kappa shape index (κ2) is 10.4. The van der Waals surface area contributed by atoms with E-state index >= 15 is 0 Å². The summed E-state index contributed by atoms with van der Waals surface area (Å²) in [7, 11) is 2.94. The van der Waals surface area contributed by atoms with Crippen molar-refractivity contribution in [2.45, 2.75) is 19.9 Å². The van der Waals surface area contributed by atoms with Crippen LogP contribution in [0, 0.1) is 6.92 Å². The molecule has 2 amide bonds. The maximum atomic E-state index is 13.4. The third-order valence-corrected chi connectivity index (χ3v) is 6.27. The van der Waals surface area contributed by atoms with Gasteiger partial charge in [0.25, 0.3) is 11.7 Å². The quantitative estimate of drug-likeness (QED) is 0.261. The SMILES string of the molecule is COc1ccc(C2/C(=C(\O)c3cc(C)cc(Cl)c3OC)C(=O)C(=O)N2c2ccc(NC(C)=O)cc2)cc1. The number of ketones is 1. The molecule has 1 aliphatic rings. The molecule has 2 N–H and O–H groups in total. The van der Waals surface area contributed by atoms with Crippen LogP contribution >= 0.6 is 11.6 Å². The zero-order valence-electron chi connectivity index (χ0n) is 20.7. The maximum absolute atomic E-state index is 13.4. The Kier molecular flexibility index (Phi) is 7.22. The Balaban J connectivity index is 1.93. The molecule has 1 atom stereocenters. The number of rotatable bonds is 6. The van der Waals surface area contributed by atoms with Crippen molar-refractivity contribution in [3.05, 3.63) is 87.9 Å². The van der Waals surface area contributed by atoms with Crippen LogP contribution in [0.4, 0.5) is 11.4 Å². The molecule has 1 aliphatic heterocycles. The first kappa shape index (κ1) is 25.8. The van der Waals surface area contributed by atoms with Crippen LogP contribution in [0.5, 0.6) is 11.5 Å². The van der Waals surface area contributed by atoms with Gasteiger partial charge in [-0.2, -0.15) is 0 Å². The summed E-state index contributed by atoms with van der Waals surface area (Å²) >= 11 is 6.35. The van der Waals surface area contributed by atoms with E-state index in [1.165, 1.54) is 26.0 Å². The van der Waals surface area contributed by atoms with Crippen LogP contribution in [0.15, 0.2) is 66.2 Å². The molecule has 0 radical (unpaired) electrons. The molecule has 3 aromatic carbocycles. The summed E-state index contributed by atoms with van der Waals surface area (Å²) in [6, 6.07) is 15.7. The van der Waals surface area contributed by atoms with E-state index in [2.05, 4.69) is 5.32 Å². The highest BCUT2D eigenvalue weighted by molar-refractivity contribution is 6.51. The molecule has 0 bridgehead atoms. The van der Waals surface area contributed by atoms with Crippen LogP contribution in [0.25, 0.3) is 5.76 Å². The van der Waals surface area contributed by atoms with E-state index in [-0.39, 0.29) is 27.8 Å². The molecule has 1 saturated heterocycles. The van der Waals surface area contributed by atoms with Gasteiger partial charge in [-0.3, -0.25) is 19.3 Å². The summed E-state index contributed by atoms with van der Waals surface area (Å²) in [5.74, 6) is -1.54. The minimum absolute atomic E-state index is 0.110. The molecular weight excluding hydrogens is 496 g/mol. The molecule has 0 spiro atoms. The fraction of sp³-hybridized carbons (Fsp3) is 0.179. The average Bonchev–Trinajstić information content (AvgIpc) is 3.13. The number of nitrogens with one attached hydrogen (secondary N) is 1. The van der Waals surface area contributed by atoms with E-state index in [9.17, 15) is 19.5 Å². The second-order valence-corrected chi connectivity index (χ2v) is 8.91. The molecule has 8 nitrogen and oxygen atoms in total. The van der Waals surface area contributed by atoms with Crippen molar-refractivity contribution in [3.8, 4) is 11.5 Å². The fourth-order valence-corrected chi connectivity index (χ4v) is 4.72. The molecule has 1 heterocycles. The summed E-state index contributed by atoms with van der Waals surface area (Å²) in [5, 5.41) is 14.4. The van der Waals surface area contributed by atoms with Crippen LogP contribution in [-0.2, 0) is 14.4 Å². The molecule has 0 aliphatic carbocycles. The smallest absolute Gasteiger partial charge is 0.300 e. The first-order chi connectivity index (χ1) is 17.7. The topological polar surface area (TPSA) is 105 Å². The van der Waals surface area contributed by atoms with Gasteiger partial charge in [-0.05, 0) is 66.6 Å². The maximum Gasteiger partial charge on any atom is 0.300 e. The molecular formula is C28H25ClN2O6. The first-order valence-electron chi connectivity index (χ1n) is 11.3. The monoisotopic (exact) mass is 520 g/mol. The van der Waals surface area contributed by atoms with Gasteiger partial charge in [-0.15, -0.1) is 0 Å².